The molecule has 2 aromatic carbocycles. The van der Waals surface area contributed by atoms with Crippen molar-refractivity contribution in [2.24, 2.45) is 0 Å². The Balaban J connectivity index is 1.61. The van der Waals surface area contributed by atoms with Crippen LogP contribution in [-0.2, 0) is 0 Å². The predicted molar refractivity (Wildman–Crippen MR) is 111 cm³/mol. The number of benzene rings is 2. The molecule has 0 aromatic heterocycles. The molecule has 2 aromatic rings. The molecule has 0 saturated carbocycles. The maximum absolute atomic E-state index is 12.7. The first-order valence-corrected chi connectivity index (χ1v) is 9.85. The first kappa shape index (κ1) is 20.4. The number of piperidine rings is 1. The highest BCUT2D eigenvalue weighted by Gasteiger charge is 2.24. The summed E-state index contributed by atoms with van der Waals surface area (Å²) in [7, 11) is 0. The van der Waals surface area contributed by atoms with Crippen LogP contribution < -0.4 is 10.1 Å². The van der Waals surface area contributed by atoms with Crippen LogP contribution in [0.1, 0.15) is 53.0 Å². The van der Waals surface area contributed by atoms with E-state index < -0.39 is 0 Å². The lowest BCUT2D eigenvalue weighted by molar-refractivity contribution is 0.0718. The number of nitriles is 1. The van der Waals surface area contributed by atoms with E-state index in [4.69, 9.17) is 4.74 Å². The third-order valence-electron chi connectivity index (χ3n) is 5.10. The lowest BCUT2D eigenvalue weighted by Crippen LogP contribution is -2.42. The maximum atomic E-state index is 12.7. The lowest BCUT2D eigenvalue weighted by Gasteiger charge is -2.33. The van der Waals surface area contributed by atoms with E-state index in [9.17, 15) is 14.9 Å². The van der Waals surface area contributed by atoms with Crippen LogP contribution in [0.4, 0.5) is 5.69 Å². The highest BCUT2D eigenvalue weighted by Crippen LogP contribution is 2.23. The number of ketones is 1. The quantitative estimate of drug-likeness (QED) is 0.756. The summed E-state index contributed by atoms with van der Waals surface area (Å²) in [4.78, 5) is 26.2. The first-order valence-electron chi connectivity index (χ1n) is 9.85. The largest absolute Gasteiger partial charge is 0.494 e. The molecular formula is C23H25N3O3. The molecule has 3 rings (SSSR count). The van der Waals surface area contributed by atoms with Crippen LogP contribution in [-0.4, -0.2) is 42.3 Å². The molecule has 0 unspecified atom stereocenters. The average molecular weight is 391 g/mol. The maximum Gasteiger partial charge on any atom is 0.253 e. The number of rotatable bonds is 6. The van der Waals surface area contributed by atoms with Crippen molar-refractivity contribution in [3.8, 4) is 11.8 Å². The van der Waals surface area contributed by atoms with Crippen molar-refractivity contribution in [3.63, 3.8) is 0 Å². The van der Waals surface area contributed by atoms with E-state index >= 15 is 0 Å². The number of hydrogen-bond acceptors (Lipinski definition) is 5. The number of hydrogen-bond donors (Lipinski definition) is 1. The van der Waals surface area contributed by atoms with Crippen LogP contribution in [0.3, 0.4) is 0 Å². The van der Waals surface area contributed by atoms with Crippen LogP contribution in [0.5, 0.6) is 5.75 Å². The molecule has 0 atom stereocenters. The minimum atomic E-state index is -0.0340. The number of amides is 1. The monoisotopic (exact) mass is 391 g/mol. The van der Waals surface area contributed by atoms with Crippen molar-refractivity contribution in [2.45, 2.75) is 32.7 Å². The molecule has 150 valence electrons. The smallest absolute Gasteiger partial charge is 0.253 e. The number of ether oxygens (including phenoxy) is 1. The fourth-order valence-electron chi connectivity index (χ4n) is 3.47. The summed E-state index contributed by atoms with van der Waals surface area (Å²) in [5.74, 6) is 0.740. The summed E-state index contributed by atoms with van der Waals surface area (Å²) in [6.07, 6.45) is 1.55. The van der Waals surface area contributed by atoms with Crippen LogP contribution >= 0.6 is 0 Å². The molecule has 6 heteroatoms. The van der Waals surface area contributed by atoms with Gasteiger partial charge in [-0.2, -0.15) is 5.26 Å². The second kappa shape index (κ2) is 9.24. The zero-order valence-corrected chi connectivity index (χ0v) is 16.8. The second-order valence-electron chi connectivity index (χ2n) is 7.10. The molecule has 1 aliphatic rings. The minimum absolute atomic E-state index is 0.0165. The number of carbonyl (C=O) groups is 2. The van der Waals surface area contributed by atoms with Crippen molar-refractivity contribution in [1.82, 2.24) is 4.90 Å². The van der Waals surface area contributed by atoms with E-state index in [1.54, 1.807) is 30.3 Å². The summed E-state index contributed by atoms with van der Waals surface area (Å²) >= 11 is 0. The van der Waals surface area contributed by atoms with Crippen molar-refractivity contribution in [2.75, 3.05) is 25.0 Å². The molecule has 0 aliphatic carbocycles. The van der Waals surface area contributed by atoms with E-state index in [1.165, 1.54) is 6.92 Å². The molecule has 0 bridgehead atoms. The van der Waals surface area contributed by atoms with Gasteiger partial charge in [-0.3, -0.25) is 9.59 Å². The third kappa shape index (κ3) is 4.94. The first-order chi connectivity index (χ1) is 14.0. The topological polar surface area (TPSA) is 82.4 Å². The number of Topliss-reactive ketones (excluding diaryl/α,β-unsaturated/α-hetero) is 1. The second-order valence-corrected chi connectivity index (χ2v) is 7.10. The van der Waals surface area contributed by atoms with E-state index in [2.05, 4.69) is 11.4 Å². The van der Waals surface area contributed by atoms with E-state index in [-0.39, 0.29) is 17.7 Å². The molecule has 1 N–H and O–H groups in total. The molecule has 1 aliphatic heterocycles. The molecule has 1 fully saturated rings. The van der Waals surface area contributed by atoms with E-state index in [1.807, 2.05) is 24.0 Å². The number of nitrogens with zero attached hydrogens (tertiary/aromatic N) is 2. The zero-order valence-electron chi connectivity index (χ0n) is 16.8. The van der Waals surface area contributed by atoms with Crippen LogP contribution in [0.25, 0.3) is 0 Å². The van der Waals surface area contributed by atoms with Crippen molar-refractivity contribution >= 4 is 17.4 Å². The van der Waals surface area contributed by atoms with Crippen molar-refractivity contribution < 1.29 is 14.3 Å². The summed E-state index contributed by atoms with van der Waals surface area (Å²) < 4.78 is 5.42. The molecule has 0 spiro atoms. The molecule has 6 nitrogen and oxygen atoms in total. The van der Waals surface area contributed by atoms with Gasteiger partial charge in [-0.15, -0.1) is 0 Å². The standard InChI is InChI=1S/C23H25N3O3/c1-3-29-21-8-6-17(7-9-21)23(28)26-12-10-20(11-13-26)25-22-14-18(16(2)27)4-5-19(22)15-24/h4-9,14,20,25H,3,10-13H2,1-2H3. The van der Waals surface area contributed by atoms with Crippen LogP contribution in [0, 0.1) is 11.3 Å². The zero-order chi connectivity index (χ0) is 20.8. The van der Waals surface area contributed by atoms with Gasteiger partial charge in [-0.1, -0.05) is 0 Å². The van der Waals surface area contributed by atoms with Gasteiger partial charge < -0.3 is 15.0 Å². The Hall–Kier alpha value is -3.33. The SMILES string of the molecule is CCOc1ccc(C(=O)N2CCC(Nc3cc(C(C)=O)ccc3C#N)CC2)cc1. The fraction of sp³-hybridized carbons (Fsp3) is 0.348. The summed E-state index contributed by atoms with van der Waals surface area (Å²) in [6, 6.07) is 14.6. The number of anilines is 1. The van der Waals surface area contributed by atoms with Crippen molar-refractivity contribution in [1.29, 1.82) is 5.26 Å². The Bertz CT molecular complexity index is 923. The molecule has 1 heterocycles. The van der Waals surface area contributed by atoms with Gasteiger partial charge >= 0.3 is 0 Å². The minimum Gasteiger partial charge on any atom is -0.494 e. The van der Waals surface area contributed by atoms with E-state index in [0.29, 0.717) is 42.1 Å². The normalized spacial score (nSPS) is 14.2. The molecular weight excluding hydrogens is 366 g/mol. The van der Waals surface area contributed by atoms with Gasteiger partial charge in [0.15, 0.2) is 5.78 Å². The van der Waals surface area contributed by atoms with Gasteiger partial charge in [-0.25, -0.2) is 0 Å². The van der Waals surface area contributed by atoms with Gasteiger partial charge in [0.25, 0.3) is 5.91 Å². The third-order valence-corrected chi connectivity index (χ3v) is 5.10. The highest BCUT2D eigenvalue weighted by atomic mass is 16.5. The highest BCUT2D eigenvalue weighted by molar-refractivity contribution is 5.95. The van der Waals surface area contributed by atoms with Gasteiger partial charge in [0, 0.05) is 30.3 Å². The predicted octanol–water partition coefficient (Wildman–Crippen LogP) is 3.88. The van der Waals surface area contributed by atoms with E-state index in [0.717, 1.165) is 18.6 Å². The van der Waals surface area contributed by atoms with Gasteiger partial charge in [0.1, 0.15) is 11.8 Å². The molecule has 1 saturated heterocycles. The lowest BCUT2D eigenvalue weighted by atomic mass is 10.0. The number of carbonyl (C=O) groups excluding carboxylic acids is 2. The number of likely N-dealkylation sites (tertiary alicyclic amines) is 1. The Morgan fingerprint density at radius 2 is 1.79 bits per heavy atom. The molecule has 1 amide bonds. The van der Waals surface area contributed by atoms with Crippen LogP contribution in [0.2, 0.25) is 0 Å². The Morgan fingerprint density at radius 3 is 2.38 bits per heavy atom. The Kier molecular flexibility index (Phi) is 6.50. The van der Waals surface area contributed by atoms with Gasteiger partial charge in [-0.05, 0) is 69.2 Å². The summed E-state index contributed by atoms with van der Waals surface area (Å²) in [5.41, 5.74) is 2.43. The molecule has 29 heavy (non-hydrogen) atoms. The summed E-state index contributed by atoms with van der Waals surface area (Å²) in [5, 5.41) is 12.7. The van der Waals surface area contributed by atoms with Crippen LogP contribution in [0.15, 0.2) is 42.5 Å². The summed E-state index contributed by atoms with van der Waals surface area (Å²) in [6.45, 7) is 5.30. The van der Waals surface area contributed by atoms with Gasteiger partial charge in [0.2, 0.25) is 0 Å². The van der Waals surface area contributed by atoms with Crippen molar-refractivity contribution in [3.05, 3.63) is 59.2 Å². The average Bonchev–Trinajstić information content (AvgIpc) is 2.74. The number of nitrogens with one attached hydrogen (secondary N) is 1. The molecule has 0 radical (unpaired) electrons. The van der Waals surface area contributed by atoms with Gasteiger partial charge in [0.05, 0.1) is 17.9 Å². The Morgan fingerprint density at radius 1 is 1.14 bits per heavy atom. The fourth-order valence-corrected chi connectivity index (χ4v) is 3.47. The Labute approximate surface area is 171 Å².